The molecule has 0 unspecified atom stereocenters. The highest BCUT2D eigenvalue weighted by atomic mass is 19.1. The third-order valence-corrected chi connectivity index (χ3v) is 3.27. The fourth-order valence-corrected chi connectivity index (χ4v) is 2.18. The number of H-pyrrole nitrogens is 1. The molecule has 2 rings (SSSR count). The van der Waals surface area contributed by atoms with E-state index in [-0.39, 0.29) is 24.0 Å². The molecule has 0 aliphatic heterocycles. The molecule has 1 amide bonds. The van der Waals surface area contributed by atoms with Crippen molar-refractivity contribution in [1.29, 1.82) is 0 Å². The number of fused-ring (bicyclic) bond motifs is 1. The molecule has 22 heavy (non-hydrogen) atoms. The van der Waals surface area contributed by atoms with Gasteiger partial charge in [0.15, 0.2) is 0 Å². The van der Waals surface area contributed by atoms with E-state index in [9.17, 15) is 18.8 Å². The molecular formula is C15H15FN2O4. The maximum absolute atomic E-state index is 13.2. The number of carbonyl (C=O) groups excluding carboxylic acids is 1. The summed E-state index contributed by atoms with van der Waals surface area (Å²) in [6, 6.07) is 4.95. The van der Waals surface area contributed by atoms with E-state index in [0.717, 1.165) is 12.1 Å². The zero-order valence-corrected chi connectivity index (χ0v) is 11.9. The van der Waals surface area contributed by atoms with Gasteiger partial charge in [-0.3, -0.25) is 14.4 Å². The number of pyridine rings is 1. The summed E-state index contributed by atoms with van der Waals surface area (Å²) in [5.74, 6) is -1.85. The van der Waals surface area contributed by atoms with Crippen LogP contribution in [0, 0.1) is 5.82 Å². The fourth-order valence-electron chi connectivity index (χ4n) is 2.18. The second-order valence-corrected chi connectivity index (χ2v) is 4.96. The van der Waals surface area contributed by atoms with Crippen molar-refractivity contribution in [3.63, 3.8) is 0 Å². The molecule has 0 spiro atoms. The molecule has 0 saturated heterocycles. The first-order chi connectivity index (χ1) is 10.4. The predicted molar refractivity (Wildman–Crippen MR) is 78.4 cm³/mol. The van der Waals surface area contributed by atoms with Crippen LogP contribution in [0.1, 0.15) is 23.2 Å². The third-order valence-electron chi connectivity index (χ3n) is 3.27. The van der Waals surface area contributed by atoms with Crippen LogP contribution in [0.2, 0.25) is 0 Å². The topological polar surface area (TPSA) is 90.5 Å². The molecular weight excluding hydrogens is 291 g/mol. The molecule has 0 aliphatic rings. The SMILES string of the molecule is CN(CCCC(=O)O)C(=O)c1cc(=O)[nH]c2cc(F)ccc12. The minimum absolute atomic E-state index is 0.0427. The normalized spacial score (nSPS) is 10.6. The highest BCUT2D eigenvalue weighted by Crippen LogP contribution is 2.17. The van der Waals surface area contributed by atoms with Crippen LogP contribution >= 0.6 is 0 Å². The van der Waals surface area contributed by atoms with E-state index in [1.54, 1.807) is 0 Å². The number of rotatable bonds is 5. The summed E-state index contributed by atoms with van der Waals surface area (Å²) in [5, 5.41) is 9.04. The molecule has 2 N–H and O–H groups in total. The third kappa shape index (κ3) is 3.49. The summed E-state index contributed by atoms with van der Waals surface area (Å²) in [6.45, 7) is 0.251. The smallest absolute Gasteiger partial charge is 0.303 e. The van der Waals surface area contributed by atoms with Gasteiger partial charge in [-0.2, -0.15) is 0 Å². The number of aromatic amines is 1. The Balaban J connectivity index is 2.31. The average Bonchev–Trinajstić information content (AvgIpc) is 2.44. The van der Waals surface area contributed by atoms with Crippen molar-refractivity contribution in [2.75, 3.05) is 13.6 Å². The van der Waals surface area contributed by atoms with Gasteiger partial charge in [0.25, 0.3) is 5.91 Å². The number of hydrogen-bond acceptors (Lipinski definition) is 3. The van der Waals surface area contributed by atoms with Gasteiger partial charge in [0, 0.05) is 31.5 Å². The van der Waals surface area contributed by atoms with Crippen molar-refractivity contribution in [2.45, 2.75) is 12.8 Å². The summed E-state index contributed by atoms with van der Waals surface area (Å²) in [7, 11) is 1.53. The van der Waals surface area contributed by atoms with Gasteiger partial charge in [-0.15, -0.1) is 0 Å². The summed E-state index contributed by atoms with van der Waals surface area (Å²) in [6.07, 6.45) is 0.270. The Morgan fingerprint density at radius 3 is 2.73 bits per heavy atom. The van der Waals surface area contributed by atoms with Gasteiger partial charge < -0.3 is 15.0 Å². The highest BCUT2D eigenvalue weighted by Gasteiger charge is 2.16. The molecule has 116 valence electrons. The molecule has 0 aliphatic carbocycles. The molecule has 1 aromatic carbocycles. The Hall–Kier alpha value is -2.70. The lowest BCUT2D eigenvalue weighted by Crippen LogP contribution is -2.29. The van der Waals surface area contributed by atoms with Crippen LogP contribution in [0.25, 0.3) is 10.9 Å². The van der Waals surface area contributed by atoms with Gasteiger partial charge in [-0.1, -0.05) is 0 Å². The second kappa shape index (κ2) is 6.38. The number of nitrogens with one attached hydrogen (secondary N) is 1. The van der Waals surface area contributed by atoms with E-state index < -0.39 is 23.3 Å². The summed E-state index contributed by atoms with van der Waals surface area (Å²) >= 11 is 0. The molecule has 0 atom stereocenters. The lowest BCUT2D eigenvalue weighted by atomic mass is 10.1. The number of carboxylic acid groups (broad SMARTS) is 1. The van der Waals surface area contributed by atoms with Crippen LogP contribution in [-0.4, -0.2) is 40.5 Å². The monoisotopic (exact) mass is 306 g/mol. The van der Waals surface area contributed by atoms with E-state index >= 15 is 0 Å². The number of aliphatic carboxylic acids is 1. The first kappa shape index (κ1) is 15.7. The average molecular weight is 306 g/mol. The molecule has 0 radical (unpaired) electrons. The van der Waals surface area contributed by atoms with Crippen LogP contribution in [0.4, 0.5) is 4.39 Å². The molecule has 0 bridgehead atoms. The Kier molecular flexibility index (Phi) is 4.55. The standard InChI is InChI=1S/C15H15FN2O4/c1-18(6-2-3-14(20)21)15(22)11-8-13(19)17-12-7-9(16)4-5-10(11)12/h4-5,7-8H,2-3,6H2,1H3,(H,17,19)(H,20,21). The second-order valence-electron chi connectivity index (χ2n) is 4.96. The Morgan fingerprint density at radius 1 is 1.32 bits per heavy atom. The minimum atomic E-state index is -0.932. The number of nitrogens with zero attached hydrogens (tertiary/aromatic N) is 1. The van der Waals surface area contributed by atoms with Crippen LogP contribution in [-0.2, 0) is 4.79 Å². The van der Waals surface area contributed by atoms with Gasteiger partial charge in [0.2, 0.25) is 5.56 Å². The van der Waals surface area contributed by atoms with Crippen LogP contribution in [0.5, 0.6) is 0 Å². The van der Waals surface area contributed by atoms with E-state index in [1.807, 2.05) is 0 Å². The van der Waals surface area contributed by atoms with E-state index in [2.05, 4.69) is 4.98 Å². The van der Waals surface area contributed by atoms with Gasteiger partial charge >= 0.3 is 5.97 Å². The zero-order valence-electron chi connectivity index (χ0n) is 11.9. The zero-order chi connectivity index (χ0) is 16.3. The first-order valence-corrected chi connectivity index (χ1v) is 6.68. The molecule has 2 aromatic rings. The lowest BCUT2D eigenvalue weighted by Gasteiger charge is -2.17. The molecule has 1 aromatic heterocycles. The lowest BCUT2D eigenvalue weighted by molar-refractivity contribution is -0.137. The molecule has 0 fully saturated rings. The molecule has 0 saturated carbocycles. The molecule has 7 heteroatoms. The number of aromatic nitrogens is 1. The van der Waals surface area contributed by atoms with Crippen molar-refractivity contribution in [3.8, 4) is 0 Å². The number of carbonyl (C=O) groups is 2. The quantitative estimate of drug-likeness (QED) is 0.878. The van der Waals surface area contributed by atoms with Crippen molar-refractivity contribution < 1.29 is 19.1 Å². The van der Waals surface area contributed by atoms with E-state index in [1.165, 1.54) is 24.1 Å². The van der Waals surface area contributed by atoms with Crippen LogP contribution in [0.3, 0.4) is 0 Å². The maximum Gasteiger partial charge on any atom is 0.303 e. The number of halogens is 1. The Morgan fingerprint density at radius 2 is 2.05 bits per heavy atom. The number of benzene rings is 1. The number of hydrogen-bond donors (Lipinski definition) is 2. The maximum atomic E-state index is 13.2. The van der Waals surface area contributed by atoms with Crippen LogP contribution in [0.15, 0.2) is 29.1 Å². The van der Waals surface area contributed by atoms with Crippen molar-refractivity contribution in [3.05, 3.63) is 46.0 Å². The summed E-state index contributed by atoms with van der Waals surface area (Å²) in [5.41, 5.74) is -0.0910. The van der Waals surface area contributed by atoms with Crippen LogP contribution < -0.4 is 5.56 Å². The van der Waals surface area contributed by atoms with Crippen molar-refractivity contribution in [2.24, 2.45) is 0 Å². The fraction of sp³-hybridized carbons (Fsp3) is 0.267. The van der Waals surface area contributed by atoms with Crippen molar-refractivity contribution in [1.82, 2.24) is 9.88 Å². The molecule has 6 nitrogen and oxygen atoms in total. The molecule has 1 heterocycles. The Bertz CT molecular complexity index is 785. The largest absolute Gasteiger partial charge is 0.481 e. The minimum Gasteiger partial charge on any atom is -0.481 e. The first-order valence-electron chi connectivity index (χ1n) is 6.68. The van der Waals surface area contributed by atoms with Gasteiger partial charge in [0.1, 0.15) is 5.82 Å². The Labute approximate surface area is 125 Å². The summed E-state index contributed by atoms with van der Waals surface area (Å²) < 4.78 is 13.2. The van der Waals surface area contributed by atoms with E-state index in [4.69, 9.17) is 5.11 Å². The van der Waals surface area contributed by atoms with E-state index in [0.29, 0.717) is 11.8 Å². The van der Waals surface area contributed by atoms with Gasteiger partial charge in [0.05, 0.1) is 11.1 Å². The van der Waals surface area contributed by atoms with Crippen molar-refractivity contribution >= 4 is 22.8 Å². The predicted octanol–water partition coefficient (Wildman–Crippen LogP) is 1.60. The highest BCUT2D eigenvalue weighted by molar-refractivity contribution is 6.05. The summed E-state index contributed by atoms with van der Waals surface area (Å²) in [4.78, 5) is 38.3. The van der Waals surface area contributed by atoms with Gasteiger partial charge in [-0.05, 0) is 24.6 Å². The van der Waals surface area contributed by atoms with Gasteiger partial charge in [-0.25, -0.2) is 4.39 Å². The number of amides is 1. The number of carboxylic acids is 1.